The average molecular weight is 207 g/mol. The fourth-order valence-electron chi connectivity index (χ4n) is 1.41. The Balaban J connectivity index is 2.56. The molecule has 0 N–H and O–H groups in total. The van der Waals surface area contributed by atoms with E-state index in [4.69, 9.17) is 4.42 Å². The molecule has 0 bridgehead atoms. The number of furan rings is 1. The summed E-state index contributed by atoms with van der Waals surface area (Å²) < 4.78 is 18.5. The highest BCUT2D eigenvalue weighted by molar-refractivity contribution is 5.74. The van der Waals surface area contributed by atoms with Gasteiger partial charge in [0.05, 0.1) is 6.20 Å². The fraction of sp³-hybridized carbons (Fsp3) is 0.417. The van der Waals surface area contributed by atoms with Crippen molar-refractivity contribution in [3.05, 3.63) is 29.9 Å². The Labute approximate surface area is 88.1 Å². The van der Waals surface area contributed by atoms with Crippen LogP contribution in [0.5, 0.6) is 0 Å². The van der Waals surface area contributed by atoms with Crippen molar-refractivity contribution in [1.29, 1.82) is 0 Å². The van der Waals surface area contributed by atoms with Crippen LogP contribution in [-0.4, -0.2) is 4.98 Å². The van der Waals surface area contributed by atoms with E-state index in [2.05, 4.69) is 25.8 Å². The summed E-state index contributed by atoms with van der Waals surface area (Å²) in [6.07, 6.45) is 2.14. The van der Waals surface area contributed by atoms with Crippen molar-refractivity contribution in [3.8, 4) is 0 Å². The van der Waals surface area contributed by atoms with Gasteiger partial charge in [-0.3, -0.25) is 0 Å². The number of rotatable bonds is 2. The second-order valence-electron chi connectivity index (χ2n) is 4.40. The van der Waals surface area contributed by atoms with E-state index >= 15 is 0 Å². The number of aromatic nitrogens is 1. The van der Waals surface area contributed by atoms with Gasteiger partial charge in [0.1, 0.15) is 11.6 Å². The average Bonchev–Trinajstić information content (AvgIpc) is 2.61. The lowest BCUT2D eigenvalue weighted by atomic mass is 9.87. The molecule has 2 heterocycles. The zero-order valence-electron chi connectivity index (χ0n) is 9.17. The van der Waals surface area contributed by atoms with Crippen LogP contribution in [0.25, 0.3) is 11.1 Å². The summed E-state index contributed by atoms with van der Waals surface area (Å²) in [5.74, 6) is 0.530. The first-order valence-corrected chi connectivity index (χ1v) is 5.08. The minimum atomic E-state index is -0.329. The molecule has 2 aromatic rings. The van der Waals surface area contributed by atoms with Gasteiger partial charge in [0.2, 0.25) is 5.71 Å². The summed E-state index contributed by atoms with van der Waals surface area (Å²) in [5.41, 5.74) is 0.477. The van der Waals surface area contributed by atoms with E-state index in [1.807, 2.05) is 6.07 Å². The first-order chi connectivity index (χ1) is 7.03. The van der Waals surface area contributed by atoms with Crippen molar-refractivity contribution in [2.24, 2.45) is 0 Å². The molecule has 0 aliphatic heterocycles. The molecule has 0 saturated heterocycles. The summed E-state index contributed by atoms with van der Waals surface area (Å²) in [7, 11) is 0. The van der Waals surface area contributed by atoms with Crippen molar-refractivity contribution in [1.82, 2.24) is 4.98 Å². The lowest BCUT2D eigenvalue weighted by molar-refractivity contribution is 0.388. The van der Waals surface area contributed by atoms with Crippen LogP contribution in [0.3, 0.4) is 0 Å². The van der Waals surface area contributed by atoms with Gasteiger partial charge in [-0.2, -0.15) is 0 Å². The standard InChI is InChI=1S/C12H14FNO/c1-4-12(2,3)10-6-8-5-9(13)7-14-11(8)15-10/h5-7H,4H2,1-3H3. The highest BCUT2D eigenvalue weighted by Crippen LogP contribution is 2.31. The van der Waals surface area contributed by atoms with Crippen LogP contribution in [0.15, 0.2) is 22.7 Å². The quantitative estimate of drug-likeness (QED) is 0.751. The van der Waals surface area contributed by atoms with Crippen molar-refractivity contribution in [2.75, 3.05) is 0 Å². The Kier molecular flexibility index (Phi) is 2.25. The Hall–Kier alpha value is -1.38. The molecule has 2 nitrogen and oxygen atoms in total. The molecule has 0 unspecified atom stereocenters. The highest BCUT2D eigenvalue weighted by atomic mass is 19.1. The van der Waals surface area contributed by atoms with E-state index in [0.29, 0.717) is 5.71 Å². The monoisotopic (exact) mass is 207 g/mol. The van der Waals surface area contributed by atoms with Crippen molar-refractivity contribution >= 4 is 11.1 Å². The van der Waals surface area contributed by atoms with E-state index in [0.717, 1.165) is 17.6 Å². The molecule has 0 aliphatic carbocycles. The SMILES string of the molecule is CCC(C)(C)c1cc2cc(F)cnc2o1. The normalized spacial score (nSPS) is 12.3. The molecular formula is C12H14FNO. The number of hydrogen-bond acceptors (Lipinski definition) is 2. The number of pyridine rings is 1. The van der Waals surface area contributed by atoms with Gasteiger partial charge in [0.25, 0.3) is 0 Å². The maximum atomic E-state index is 12.9. The van der Waals surface area contributed by atoms with E-state index in [1.165, 1.54) is 12.3 Å². The molecule has 0 amide bonds. The van der Waals surface area contributed by atoms with Crippen LogP contribution in [0, 0.1) is 5.82 Å². The third-order valence-electron chi connectivity index (χ3n) is 2.89. The molecule has 2 aromatic heterocycles. The smallest absolute Gasteiger partial charge is 0.226 e. The molecule has 15 heavy (non-hydrogen) atoms. The summed E-state index contributed by atoms with van der Waals surface area (Å²) in [6.45, 7) is 6.29. The molecule has 80 valence electrons. The maximum Gasteiger partial charge on any atom is 0.226 e. The molecular weight excluding hydrogens is 193 g/mol. The zero-order chi connectivity index (χ0) is 11.1. The Morgan fingerprint density at radius 2 is 2.13 bits per heavy atom. The van der Waals surface area contributed by atoms with Gasteiger partial charge >= 0.3 is 0 Å². The van der Waals surface area contributed by atoms with Gasteiger partial charge < -0.3 is 4.42 Å². The second kappa shape index (κ2) is 3.33. The number of halogens is 1. The van der Waals surface area contributed by atoms with Crippen molar-refractivity contribution < 1.29 is 8.81 Å². The summed E-state index contributed by atoms with van der Waals surface area (Å²) in [4.78, 5) is 3.91. The topological polar surface area (TPSA) is 26.0 Å². The first kappa shape index (κ1) is 10.1. The molecule has 0 fully saturated rings. The molecule has 0 atom stereocenters. The number of fused-ring (bicyclic) bond motifs is 1. The predicted molar refractivity (Wildman–Crippen MR) is 57.3 cm³/mol. The van der Waals surface area contributed by atoms with E-state index < -0.39 is 0 Å². The molecule has 0 radical (unpaired) electrons. The van der Waals surface area contributed by atoms with E-state index in [-0.39, 0.29) is 11.2 Å². The largest absolute Gasteiger partial charge is 0.442 e. The van der Waals surface area contributed by atoms with Crippen LogP contribution >= 0.6 is 0 Å². The van der Waals surface area contributed by atoms with Gasteiger partial charge in [-0.25, -0.2) is 9.37 Å². The molecule has 0 aromatic carbocycles. The zero-order valence-corrected chi connectivity index (χ0v) is 9.17. The molecule has 2 rings (SSSR count). The Morgan fingerprint density at radius 1 is 1.40 bits per heavy atom. The Bertz CT molecular complexity index is 487. The number of nitrogens with zero attached hydrogens (tertiary/aromatic N) is 1. The van der Waals surface area contributed by atoms with Crippen LogP contribution in [0.2, 0.25) is 0 Å². The second-order valence-corrected chi connectivity index (χ2v) is 4.40. The van der Waals surface area contributed by atoms with Gasteiger partial charge in [0.15, 0.2) is 0 Å². The van der Waals surface area contributed by atoms with Gasteiger partial charge in [-0.1, -0.05) is 20.8 Å². The highest BCUT2D eigenvalue weighted by Gasteiger charge is 2.23. The van der Waals surface area contributed by atoms with Crippen LogP contribution in [-0.2, 0) is 5.41 Å². The predicted octanol–water partition coefficient (Wildman–Crippen LogP) is 3.65. The lowest BCUT2D eigenvalue weighted by Gasteiger charge is -2.18. The molecule has 0 aliphatic rings. The third-order valence-corrected chi connectivity index (χ3v) is 2.89. The van der Waals surface area contributed by atoms with Crippen molar-refractivity contribution in [2.45, 2.75) is 32.6 Å². The maximum absolute atomic E-state index is 12.9. The lowest BCUT2D eigenvalue weighted by Crippen LogP contribution is -2.13. The van der Waals surface area contributed by atoms with Crippen molar-refractivity contribution in [3.63, 3.8) is 0 Å². The molecule has 3 heteroatoms. The van der Waals surface area contributed by atoms with Gasteiger partial charge in [0, 0.05) is 10.8 Å². The van der Waals surface area contributed by atoms with E-state index in [9.17, 15) is 4.39 Å². The summed E-state index contributed by atoms with van der Waals surface area (Å²) in [5, 5.41) is 0.728. The minimum Gasteiger partial charge on any atom is -0.442 e. The summed E-state index contributed by atoms with van der Waals surface area (Å²) in [6, 6.07) is 3.32. The van der Waals surface area contributed by atoms with Gasteiger partial charge in [-0.05, 0) is 18.6 Å². The first-order valence-electron chi connectivity index (χ1n) is 5.08. The van der Waals surface area contributed by atoms with Crippen LogP contribution in [0.4, 0.5) is 4.39 Å². The summed E-state index contributed by atoms with van der Waals surface area (Å²) >= 11 is 0. The molecule has 0 spiro atoms. The molecule has 0 saturated carbocycles. The van der Waals surface area contributed by atoms with E-state index in [1.54, 1.807) is 0 Å². The Morgan fingerprint density at radius 3 is 2.80 bits per heavy atom. The van der Waals surface area contributed by atoms with Crippen LogP contribution < -0.4 is 0 Å². The number of hydrogen-bond donors (Lipinski definition) is 0. The van der Waals surface area contributed by atoms with Gasteiger partial charge in [-0.15, -0.1) is 0 Å². The third kappa shape index (κ3) is 1.74. The van der Waals surface area contributed by atoms with Crippen LogP contribution in [0.1, 0.15) is 33.0 Å². The minimum absolute atomic E-state index is 0.0306. The fourth-order valence-corrected chi connectivity index (χ4v) is 1.41.